The van der Waals surface area contributed by atoms with E-state index in [4.69, 9.17) is 0 Å². The van der Waals surface area contributed by atoms with Gasteiger partial charge in [0.15, 0.2) is 0 Å². The lowest BCUT2D eigenvalue weighted by atomic mass is 10.3. The van der Waals surface area contributed by atoms with Crippen LogP contribution in [0.5, 0.6) is 0 Å². The first-order valence-electron chi connectivity index (χ1n) is 7.05. The van der Waals surface area contributed by atoms with Crippen molar-refractivity contribution in [1.82, 2.24) is 15.2 Å². The number of nitrogens with one attached hydrogen (secondary N) is 1. The highest BCUT2D eigenvalue weighted by Gasteiger charge is 2.20. The van der Waals surface area contributed by atoms with Crippen LogP contribution in [0.2, 0.25) is 0 Å². The van der Waals surface area contributed by atoms with Gasteiger partial charge in [0.1, 0.15) is 5.82 Å². The van der Waals surface area contributed by atoms with Crippen LogP contribution in [0.25, 0.3) is 0 Å². The lowest BCUT2D eigenvalue weighted by Gasteiger charge is -2.35. The van der Waals surface area contributed by atoms with E-state index < -0.39 is 0 Å². The van der Waals surface area contributed by atoms with Crippen molar-refractivity contribution >= 4 is 27.7 Å². The summed E-state index contributed by atoms with van der Waals surface area (Å²) in [4.78, 5) is 20.5. The summed E-state index contributed by atoms with van der Waals surface area (Å²) in [5.74, 6) is 1.11. The number of hydrogen-bond acceptors (Lipinski definition) is 4. The van der Waals surface area contributed by atoms with Gasteiger partial charge in [-0.1, -0.05) is 6.92 Å². The number of nitrogens with zero attached hydrogens (tertiary/aromatic N) is 3. The summed E-state index contributed by atoms with van der Waals surface area (Å²) in [6.07, 6.45) is 2.79. The average molecular weight is 341 g/mol. The zero-order valence-corrected chi connectivity index (χ0v) is 13.4. The first-order chi connectivity index (χ1) is 9.70. The lowest BCUT2D eigenvalue weighted by Crippen LogP contribution is -2.49. The number of hydrogen-bond donors (Lipinski definition) is 1. The first-order valence-corrected chi connectivity index (χ1v) is 7.84. The number of anilines is 1. The van der Waals surface area contributed by atoms with Crippen LogP contribution in [0.4, 0.5) is 5.82 Å². The van der Waals surface area contributed by atoms with Crippen molar-refractivity contribution in [3.63, 3.8) is 0 Å². The van der Waals surface area contributed by atoms with E-state index in [2.05, 4.69) is 43.0 Å². The zero-order chi connectivity index (χ0) is 14.4. The van der Waals surface area contributed by atoms with Gasteiger partial charge in [0.2, 0.25) is 5.91 Å². The minimum atomic E-state index is 0.124. The second-order valence-electron chi connectivity index (χ2n) is 4.92. The van der Waals surface area contributed by atoms with Gasteiger partial charge in [-0.2, -0.15) is 0 Å². The highest BCUT2D eigenvalue weighted by Crippen LogP contribution is 2.23. The van der Waals surface area contributed by atoms with Crippen molar-refractivity contribution in [2.24, 2.45) is 0 Å². The summed E-state index contributed by atoms with van der Waals surface area (Å²) < 4.78 is 1.02. The van der Waals surface area contributed by atoms with Crippen LogP contribution in [0.3, 0.4) is 0 Å². The third-order valence-corrected chi connectivity index (χ3v) is 3.97. The maximum atomic E-state index is 11.7. The predicted molar refractivity (Wildman–Crippen MR) is 83.9 cm³/mol. The van der Waals surface area contributed by atoms with Crippen LogP contribution < -0.4 is 10.2 Å². The Balaban J connectivity index is 1.81. The van der Waals surface area contributed by atoms with Crippen LogP contribution in [0, 0.1) is 0 Å². The molecule has 1 amide bonds. The molecule has 0 saturated carbocycles. The molecule has 0 aliphatic carbocycles. The van der Waals surface area contributed by atoms with Crippen molar-refractivity contribution in [2.45, 2.75) is 13.3 Å². The number of halogens is 1. The molecule has 2 rings (SSSR count). The van der Waals surface area contributed by atoms with Crippen LogP contribution in [-0.2, 0) is 4.79 Å². The second kappa shape index (κ2) is 7.59. The van der Waals surface area contributed by atoms with E-state index in [1.54, 1.807) is 0 Å². The fourth-order valence-electron chi connectivity index (χ4n) is 2.25. The van der Waals surface area contributed by atoms with Crippen molar-refractivity contribution in [1.29, 1.82) is 0 Å². The molecule has 5 nitrogen and oxygen atoms in total. The molecule has 1 saturated heterocycles. The molecular formula is C14H21BrN4O. The maximum absolute atomic E-state index is 11.7. The molecule has 1 N–H and O–H groups in total. The van der Waals surface area contributed by atoms with E-state index >= 15 is 0 Å². The first kappa shape index (κ1) is 15.3. The Kier molecular flexibility index (Phi) is 5.79. The topological polar surface area (TPSA) is 48.5 Å². The van der Waals surface area contributed by atoms with Crippen molar-refractivity contribution < 1.29 is 4.79 Å². The minimum Gasteiger partial charge on any atom is -0.355 e. The Morgan fingerprint density at radius 1 is 1.40 bits per heavy atom. The monoisotopic (exact) mass is 340 g/mol. The van der Waals surface area contributed by atoms with Gasteiger partial charge >= 0.3 is 0 Å². The molecule has 1 fully saturated rings. The summed E-state index contributed by atoms with van der Waals surface area (Å²) >= 11 is 3.53. The number of carbonyl (C=O) groups excluding carboxylic acids is 1. The van der Waals surface area contributed by atoms with E-state index in [9.17, 15) is 4.79 Å². The molecule has 6 heteroatoms. The van der Waals surface area contributed by atoms with E-state index in [0.29, 0.717) is 6.54 Å². The van der Waals surface area contributed by atoms with Crippen molar-refractivity contribution in [3.05, 3.63) is 22.8 Å². The minimum absolute atomic E-state index is 0.124. The van der Waals surface area contributed by atoms with Crippen LogP contribution in [0.15, 0.2) is 22.8 Å². The van der Waals surface area contributed by atoms with E-state index in [-0.39, 0.29) is 5.91 Å². The number of aromatic nitrogens is 1. The molecule has 1 aliphatic heterocycles. The number of rotatable bonds is 5. The maximum Gasteiger partial charge on any atom is 0.234 e. The fraction of sp³-hybridized carbons (Fsp3) is 0.571. The SMILES string of the molecule is CCCNC(=O)CN1CCN(c2ncccc2Br)CC1. The van der Waals surface area contributed by atoms with Crippen molar-refractivity contribution in [2.75, 3.05) is 44.2 Å². The Bertz CT molecular complexity index is 447. The van der Waals surface area contributed by atoms with Crippen LogP contribution in [0.1, 0.15) is 13.3 Å². The van der Waals surface area contributed by atoms with Gasteiger partial charge in [0.25, 0.3) is 0 Å². The van der Waals surface area contributed by atoms with Gasteiger partial charge in [-0.3, -0.25) is 9.69 Å². The molecule has 0 unspecified atom stereocenters. The Labute approximate surface area is 128 Å². The smallest absolute Gasteiger partial charge is 0.234 e. The Morgan fingerprint density at radius 2 is 2.15 bits per heavy atom. The zero-order valence-electron chi connectivity index (χ0n) is 11.8. The number of carbonyl (C=O) groups is 1. The highest BCUT2D eigenvalue weighted by molar-refractivity contribution is 9.10. The summed E-state index contributed by atoms with van der Waals surface area (Å²) in [6.45, 7) is 6.90. The van der Waals surface area contributed by atoms with Crippen LogP contribution >= 0.6 is 15.9 Å². The molecule has 0 aromatic carbocycles. The Hall–Kier alpha value is -1.14. The highest BCUT2D eigenvalue weighted by atomic mass is 79.9. The third kappa shape index (κ3) is 4.18. The number of amides is 1. The molecule has 1 aromatic rings. The predicted octanol–water partition coefficient (Wildman–Crippen LogP) is 1.49. The summed E-state index contributed by atoms with van der Waals surface area (Å²) in [5, 5.41) is 2.92. The molecule has 0 atom stereocenters. The van der Waals surface area contributed by atoms with Gasteiger partial charge in [-0.15, -0.1) is 0 Å². The van der Waals surface area contributed by atoms with Gasteiger partial charge in [-0.25, -0.2) is 4.98 Å². The molecule has 0 bridgehead atoms. The summed E-state index contributed by atoms with van der Waals surface area (Å²) in [5.41, 5.74) is 0. The standard InChI is InChI=1S/C14H21BrN4O/c1-2-5-16-13(20)11-18-7-9-19(10-8-18)14-12(15)4-3-6-17-14/h3-4,6H,2,5,7-11H2,1H3,(H,16,20). The molecule has 20 heavy (non-hydrogen) atoms. The van der Waals surface area contributed by atoms with Gasteiger partial charge in [0.05, 0.1) is 11.0 Å². The van der Waals surface area contributed by atoms with E-state index in [0.717, 1.165) is 49.4 Å². The summed E-state index contributed by atoms with van der Waals surface area (Å²) in [7, 11) is 0. The molecule has 2 heterocycles. The van der Waals surface area contributed by atoms with Gasteiger partial charge in [-0.05, 0) is 34.5 Å². The molecule has 1 aromatic heterocycles. The second-order valence-corrected chi connectivity index (χ2v) is 5.78. The molecule has 0 radical (unpaired) electrons. The quantitative estimate of drug-likeness (QED) is 0.882. The number of pyridine rings is 1. The van der Waals surface area contributed by atoms with Gasteiger partial charge in [0, 0.05) is 38.9 Å². The lowest BCUT2D eigenvalue weighted by molar-refractivity contribution is -0.122. The fourth-order valence-corrected chi connectivity index (χ4v) is 2.76. The number of piperazine rings is 1. The van der Waals surface area contributed by atoms with E-state index in [1.807, 2.05) is 18.3 Å². The third-order valence-electron chi connectivity index (χ3n) is 3.35. The van der Waals surface area contributed by atoms with E-state index in [1.165, 1.54) is 0 Å². The van der Waals surface area contributed by atoms with Crippen molar-refractivity contribution in [3.8, 4) is 0 Å². The van der Waals surface area contributed by atoms with Crippen LogP contribution in [-0.4, -0.2) is 55.1 Å². The molecular weight excluding hydrogens is 320 g/mol. The Morgan fingerprint density at radius 3 is 2.80 bits per heavy atom. The summed E-state index contributed by atoms with van der Waals surface area (Å²) in [6, 6.07) is 3.93. The normalized spacial score (nSPS) is 16.2. The molecule has 0 spiro atoms. The molecule has 110 valence electrons. The van der Waals surface area contributed by atoms with Gasteiger partial charge < -0.3 is 10.2 Å². The largest absolute Gasteiger partial charge is 0.355 e. The average Bonchev–Trinajstić information content (AvgIpc) is 2.47. The molecule has 1 aliphatic rings.